The molecular weight excluding hydrogens is 355 g/mol. The third-order valence-corrected chi connectivity index (χ3v) is 3.89. The summed E-state index contributed by atoms with van der Waals surface area (Å²) in [5, 5.41) is 0. The summed E-state index contributed by atoms with van der Waals surface area (Å²) in [4.78, 5) is 24.1. The van der Waals surface area contributed by atoms with Crippen molar-refractivity contribution in [2.75, 3.05) is 0 Å². The van der Waals surface area contributed by atoms with Gasteiger partial charge in [0.1, 0.15) is 11.6 Å². The molecule has 0 aromatic heterocycles. The quantitative estimate of drug-likeness (QED) is 0.254. The van der Waals surface area contributed by atoms with E-state index in [0.29, 0.717) is 16.9 Å². The summed E-state index contributed by atoms with van der Waals surface area (Å²) in [5.74, 6) is -0.845. The molecule has 3 nitrogen and oxygen atoms in total. The van der Waals surface area contributed by atoms with Gasteiger partial charge >= 0.3 is 5.97 Å². The Balaban J connectivity index is 1.60. The van der Waals surface area contributed by atoms with Gasteiger partial charge in [-0.2, -0.15) is 0 Å². The van der Waals surface area contributed by atoms with Crippen LogP contribution in [0.15, 0.2) is 91.0 Å². The van der Waals surface area contributed by atoms with Crippen LogP contribution >= 0.6 is 0 Å². The lowest BCUT2D eigenvalue weighted by molar-refractivity contribution is -0.128. The zero-order valence-electron chi connectivity index (χ0n) is 14.9. The molecule has 0 N–H and O–H groups in total. The predicted molar refractivity (Wildman–Crippen MR) is 107 cm³/mol. The van der Waals surface area contributed by atoms with Crippen molar-refractivity contribution in [1.82, 2.24) is 0 Å². The minimum Gasteiger partial charge on any atom is -0.423 e. The topological polar surface area (TPSA) is 43.4 Å². The van der Waals surface area contributed by atoms with E-state index in [2.05, 4.69) is 0 Å². The number of hydrogen-bond donors (Lipinski definition) is 0. The minimum atomic E-state index is -0.512. The summed E-state index contributed by atoms with van der Waals surface area (Å²) in [6.07, 6.45) is 5.74. The summed E-state index contributed by atoms with van der Waals surface area (Å²) >= 11 is 0. The average molecular weight is 372 g/mol. The monoisotopic (exact) mass is 372 g/mol. The van der Waals surface area contributed by atoms with Crippen molar-refractivity contribution >= 4 is 23.9 Å². The van der Waals surface area contributed by atoms with E-state index in [-0.39, 0.29) is 5.78 Å². The van der Waals surface area contributed by atoms with Gasteiger partial charge in [0.2, 0.25) is 0 Å². The van der Waals surface area contributed by atoms with Crippen molar-refractivity contribution in [3.63, 3.8) is 0 Å². The maximum absolute atomic E-state index is 13.6. The molecule has 4 heteroatoms. The number of ether oxygens (including phenoxy) is 1. The van der Waals surface area contributed by atoms with Crippen molar-refractivity contribution in [2.24, 2.45) is 0 Å². The zero-order chi connectivity index (χ0) is 19.8. The third-order valence-electron chi connectivity index (χ3n) is 3.89. The van der Waals surface area contributed by atoms with Crippen molar-refractivity contribution in [1.29, 1.82) is 0 Å². The Bertz CT molecular complexity index is 1020. The first-order valence-electron chi connectivity index (χ1n) is 8.64. The first-order valence-corrected chi connectivity index (χ1v) is 8.64. The second kappa shape index (κ2) is 9.24. The van der Waals surface area contributed by atoms with E-state index >= 15 is 0 Å². The van der Waals surface area contributed by atoms with E-state index in [1.54, 1.807) is 48.5 Å². The van der Waals surface area contributed by atoms with Gasteiger partial charge in [0.05, 0.1) is 0 Å². The van der Waals surface area contributed by atoms with Crippen LogP contribution in [0, 0.1) is 5.82 Å². The largest absolute Gasteiger partial charge is 0.423 e. The molecule has 0 aliphatic rings. The van der Waals surface area contributed by atoms with Gasteiger partial charge in [0.15, 0.2) is 5.78 Å². The second-order valence-electron chi connectivity index (χ2n) is 5.91. The van der Waals surface area contributed by atoms with E-state index in [0.717, 1.165) is 5.56 Å². The van der Waals surface area contributed by atoms with Gasteiger partial charge in [0, 0.05) is 17.2 Å². The van der Waals surface area contributed by atoms with Gasteiger partial charge in [0.25, 0.3) is 0 Å². The number of benzene rings is 3. The van der Waals surface area contributed by atoms with Gasteiger partial charge < -0.3 is 4.74 Å². The predicted octanol–water partition coefficient (Wildman–Crippen LogP) is 5.34. The minimum absolute atomic E-state index is 0.273. The van der Waals surface area contributed by atoms with Crippen LogP contribution in [0.2, 0.25) is 0 Å². The van der Waals surface area contributed by atoms with Crippen molar-refractivity contribution in [2.45, 2.75) is 0 Å². The van der Waals surface area contributed by atoms with Crippen LogP contribution in [-0.2, 0) is 4.79 Å². The van der Waals surface area contributed by atoms with Crippen LogP contribution in [0.25, 0.3) is 12.2 Å². The highest BCUT2D eigenvalue weighted by Crippen LogP contribution is 2.15. The number of esters is 1. The molecule has 0 aliphatic heterocycles. The van der Waals surface area contributed by atoms with Gasteiger partial charge in [-0.1, -0.05) is 48.5 Å². The number of carbonyl (C=O) groups excluding carboxylic acids is 2. The Kier molecular flexibility index (Phi) is 6.26. The molecule has 0 fully saturated rings. The highest BCUT2D eigenvalue weighted by atomic mass is 19.1. The average Bonchev–Trinajstić information content (AvgIpc) is 2.73. The Morgan fingerprint density at radius 3 is 2.14 bits per heavy atom. The molecule has 0 radical (unpaired) electrons. The maximum Gasteiger partial charge on any atom is 0.336 e. The van der Waals surface area contributed by atoms with Gasteiger partial charge in [-0.3, -0.25) is 4.79 Å². The van der Waals surface area contributed by atoms with E-state index in [1.165, 1.54) is 24.3 Å². The molecule has 0 aliphatic carbocycles. The van der Waals surface area contributed by atoms with Crippen molar-refractivity contribution < 1.29 is 18.7 Å². The molecule has 3 aromatic rings. The Morgan fingerprint density at radius 1 is 0.750 bits per heavy atom. The lowest BCUT2D eigenvalue weighted by atomic mass is 10.1. The van der Waals surface area contributed by atoms with Gasteiger partial charge in [-0.15, -0.1) is 0 Å². The summed E-state index contributed by atoms with van der Waals surface area (Å²) in [5.41, 5.74) is 1.64. The van der Waals surface area contributed by atoms with E-state index in [1.807, 2.05) is 30.3 Å². The molecule has 0 spiro atoms. The molecule has 3 aromatic carbocycles. The normalized spacial score (nSPS) is 11.0. The Labute approximate surface area is 162 Å². The van der Waals surface area contributed by atoms with Gasteiger partial charge in [-0.25, -0.2) is 9.18 Å². The molecule has 138 valence electrons. The Morgan fingerprint density at radius 2 is 1.43 bits per heavy atom. The fourth-order valence-corrected chi connectivity index (χ4v) is 2.44. The fraction of sp³-hybridized carbons (Fsp3) is 0. The third kappa shape index (κ3) is 5.35. The molecule has 0 saturated heterocycles. The molecule has 3 rings (SSSR count). The standard InChI is InChI=1S/C24H17FO3/c25-22-9-5-4-8-19(22)13-16-23(26)20-11-14-21(15-12-20)28-24(27)17-10-18-6-2-1-3-7-18/h1-17H/b16-13+,17-10+. The highest BCUT2D eigenvalue weighted by Gasteiger charge is 2.05. The number of allylic oxidation sites excluding steroid dienone is 1. The highest BCUT2D eigenvalue weighted by molar-refractivity contribution is 6.06. The van der Waals surface area contributed by atoms with Crippen LogP contribution in [0.3, 0.4) is 0 Å². The lowest BCUT2D eigenvalue weighted by Crippen LogP contribution is -2.04. The lowest BCUT2D eigenvalue weighted by Gasteiger charge is -2.02. The molecule has 0 bridgehead atoms. The number of carbonyl (C=O) groups is 2. The number of hydrogen-bond acceptors (Lipinski definition) is 3. The summed E-state index contributed by atoms with van der Waals surface area (Å²) in [6, 6.07) is 21.8. The van der Waals surface area contributed by atoms with Crippen molar-refractivity contribution in [3.8, 4) is 5.75 Å². The van der Waals surface area contributed by atoms with Crippen LogP contribution in [-0.4, -0.2) is 11.8 Å². The summed E-state index contributed by atoms with van der Waals surface area (Å²) < 4.78 is 18.8. The summed E-state index contributed by atoms with van der Waals surface area (Å²) in [6.45, 7) is 0. The molecule has 0 amide bonds. The zero-order valence-corrected chi connectivity index (χ0v) is 14.9. The maximum atomic E-state index is 13.6. The van der Waals surface area contributed by atoms with Crippen LogP contribution < -0.4 is 4.74 Å². The molecule has 0 atom stereocenters. The fourth-order valence-electron chi connectivity index (χ4n) is 2.44. The summed E-state index contributed by atoms with van der Waals surface area (Å²) in [7, 11) is 0. The Hall–Kier alpha value is -3.79. The van der Waals surface area contributed by atoms with Crippen molar-refractivity contribution in [3.05, 3.63) is 114 Å². The number of ketones is 1. The molecule has 0 unspecified atom stereocenters. The van der Waals surface area contributed by atoms with Crippen LogP contribution in [0.4, 0.5) is 4.39 Å². The molecule has 0 heterocycles. The second-order valence-corrected chi connectivity index (χ2v) is 5.91. The van der Waals surface area contributed by atoms with Gasteiger partial charge in [-0.05, 0) is 54.1 Å². The van der Waals surface area contributed by atoms with E-state index in [9.17, 15) is 14.0 Å². The first-order chi connectivity index (χ1) is 13.6. The molecular formula is C24H17FO3. The smallest absolute Gasteiger partial charge is 0.336 e. The van der Waals surface area contributed by atoms with Crippen LogP contribution in [0.1, 0.15) is 21.5 Å². The SMILES string of the molecule is O=C(/C=C/c1ccccc1)Oc1ccc(C(=O)/C=C/c2ccccc2F)cc1. The van der Waals surface area contributed by atoms with E-state index in [4.69, 9.17) is 4.74 Å². The first kappa shape index (κ1) is 19.0. The number of halogens is 1. The number of rotatable bonds is 6. The molecule has 28 heavy (non-hydrogen) atoms. The van der Waals surface area contributed by atoms with E-state index < -0.39 is 11.8 Å². The van der Waals surface area contributed by atoms with Crippen LogP contribution in [0.5, 0.6) is 5.75 Å². The molecule has 0 saturated carbocycles.